The highest BCUT2D eigenvalue weighted by atomic mass is 16.5. The molecule has 1 saturated carbocycles. The number of ketones is 1. The highest BCUT2D eigenvalue weighted by Gasteiger charge is 2.25. The minimum absolute atomic E-state index is 0.183. The van der Waals surface area contributed by atoms with Gasteiger partial charge in [-0.05, 0) is 63.2 Å². The first-order chi connectivity index (χ1) is 22.4. The van der Waals surface area contributed by atoms with Crippen molar-refractivity contribution in [1.82, 2.24) is 0 Å². The van der Waals surface area contributed by atoms with E-state index in [-0.39, 0.29) is 6.10 Å². The number of hydrogen-bond acceptors (Lipinski definition) is 3. The van der Waals surface area contributed by atoms with E-state index in [4.69, 9.17) is 10.1 Å². The van der Waals surface area contributed by atoms with Gasteiger partial charge in [0.05, 0.1) is 6.10 Å². The molecular weight excluding hydrogens is 562 g/mol. The summed E-state index contributed by atoms with van der Waals surface area (Å²) in [7, 11) is 1.78. The van der Waals surface area contributed by atoms with Crippen molar-refractivity contribution in [3.63, 3.8) is 0 Å². The lowest BCUT2D eigenvalue weighted by atomic mass is 9.83. The van der Waals surface area contributed by atoms with Crippen LogP contribution in [0.15, 0.2) is 23.8 Å². The predicted octanol–water partition coefficient (Wildman–Crippen LogP) is 15.2. The summed E-state index contributed by atoms with van der Waals surface area (Å²) in [6, 6.07) is 0. The van der Waals surface area contributed by atoms with Crippen LogP contribution in [0.1, 0.15) is 222 Å². The van der Waals surface area contributed by atoms with E-state index in [1.54, 1.807) is 7.11 Å². The van der Waals surface area contributed by atoms with E-state index >= 15 is 0 Å². The number of methoxy groups -OCH3 is 1. The van der Waals surface area contributed by atoms with Crippen molar-refractivity contribution in [1.29, 1.82) is 5.41 Å². The molecular formula is C43H87NO2. The van der Waals surface area contributed by atoms with Crippen LogP contribution in [-0.2, 0) is 9.53 Å². The van der Waals surface area contributed by atoms with E-state index in [0.717, 1.165) is 19.3 Å². The molecule has 0 spiro atoms. The van der Waals surface area contributed by atoms with E-state index in [1.165, 1.54) is 152 Å². The molecule has 276 valence electrons. The third-order valence-electron chi connectivity index (χ3n) is 8.81. The molecule has 0 aromatic rings. The molecule has 1 atom stereocenters. The van der Waals surface area contributed by atoms with Crippen LogP contribution in [0.5, 0.6) is 0 Å². The minimum Gasteiger partial charge on any atom is -0.381 e. The monoisotopic (exact) mass is 650 g/mol. The summed E-state index contributed by atoms with van der Waals surface area (Å²) in [5, 5.41) is 5.50. The Balaban J connectivity index is -0.000000317. The molecule has 0 aromatic carbocycles. The highest BCUT2D eigenvalue weighted by molar-refractivity contribution is 5.78. The van der Waals surface area contributed by atoms with E-state index < -0.39 is 0 Å². The number of rotatable bonds is 24. The van der Waals surface area contributed by atoms with E-state index in [2.05, 4.69) is 60.9 Å². The van der Waals surface area contributed by atoms with Crippen LogP contribution in [-0.4, -0.2) is 25.7 Å². The predicted molar refractivity (Wildman–Crippen MR) is 212 cm³/mol. The van der Waals surface area contributed by atoms with E-state index in [0.29, 0.717) is 18.1 Å². The Bertz CT molecular complexity index is 618. The standard InChI is InChI=1S/C19H36O2.C17H32.C4H10.C2H6.CH3N/c1-3-4-5-6-7-8-12-15-18(20)16-19(21-2)17-13-10-9-11-14-17;1-5-8-10-11-12-13-14-16(4)17(7-3)15-9-6-2;1-3-4-2;2*1-2/h17,19H,3-16H2,1-2H3;15H,4-14H2,1-3H3;3-4H2,1-2H3;1-2H3;2H,1H2/b;17-15+;;;. The molecule has 3 nitrogen and oxygen atoms in total. The smallest absolute Gasteiger partial charge is 0.135 e. The van der Waals surface area contributed by atoms with Crippen LogP contribution >= 0.6 is 0 Å². The fraction of sp³-hybridized carbons (Fsp3) is 0.860. The van der Waals surface area contributed by atoms with E-state index in [9.17, 15) is 4.79 Å². The second kappa shape index (κ2) is 45.9. The third kappa shape index (κ3) is 37.2. The molecule has 0 bridgehead atoms. The Morgan fingerprint density at radius 3 is 1.57 bits per heavy atom. The molecule has 1 aliphatic carbocycles. The summed E-state index contributed by atoms with van der Waals surface area (Å²) >= 11 is 0. The lowest BCUT2D eigenvalue weighted by molar-refractivity contribution is -0.122. The number of Topliss-reactive ketones (excluding diaryl/α,β-unsaturated/α-hetero) is 1. The zero-order chi connectivity index (χ0) is 35.7. The normalized spacial score (nSPS) is 13.4. The maximum atomic E-state index is 12.1. The van der Waals surface area contributed by atoms with Gasteiger partial charge in [0.2, 0.25) is 0 Å². The van der Waals surface area contributed by atoms with Gasteiger partial charge < -0.3 is 10.1 Å². The fourth-order valence-corrected chi connectivity index (χ4v) is 5.69. The van der Waals surface area contributed by atoms with Crippen LogP contribution in [0.2, 0.25) is 0 Å². The summed E-state index contributed by atoms with van der Waals surface area (Å²) in [6.45, 7) is 24.1. The number of allylic oxidation sites excluding steroid dienone is 3. The van der Waals surface area contributed by atoms with Gasteiger partial charge in [0.25, 0.3) is 0 Å². The second-order valence-electron chi connectivity index (χ2n) is 12.8. The van der Waals surface area contributed by atoms with Crippen LogP contribution in [0.4, 0.5) is 0 Å². The topological polar surface area (TPSA) is 50.2 Å². The molecule has 3 heteroatoms. The van der Waals surface area contributed by atoms with Gasteiger partial charge >= 0.3 is 0 Å². The molecule has 0 radical (unpaired) electrons. The largest absolute Gasteiger partial charge is 0.381 e. The molecule has 0 amide bonds. The molecule has 1 N–H and O–H groups in total. The SMILES string of the molecule is C=C(CCCCCCCC)/C(=C/CCC)CC.C=N.CC.CCCC.CCCCCCCCCC(=O)CC(OC)C1CCCCC1. The molecule has 1 fully saturated rings. The van der Waals surface area contributed by atoms with Gasteiger partial charge in [-0.2, -0.15) is 0 Å². The minimum atomic E-state index is 0.183. The van der Waals surface area contributed by atoms with Crippen LogP contribution in [0, 0.1) is 11.3 Å². The second-order valence-corrected chi connectivity index (χ2v) is 12.8. The van der Waals surface area contributed by atoms with Crippen molar-refractivity contribution in [3.8, 4) is 0 Å². The number of ether oxygens (including phenoxy) is 1. The summed E-state index contributed by atoms with van der Waals surface area (Å²) in [6.07, 6.45) is 35.1. The maximum absolute atomic E-state index is 12.1. The quantitative estimate of drug-likeness (QED) is 0.0642. The summed E-state index contributed by atoms with van der Waals surface area (Å²) in [5.74, 6) is 1.04. The maximum Gasteiger partial charge on any atom is 0.135 e. The van der Waals surface area contributed by atoms with Crippen molar-refractivity contribution in [3.05, 3.63) is 23.8 Å². The summed E-state index contributed by atoms with van der Waals surface area (Å²) in [4.78, 5) is 12.1. The van der Waals surface area contributed by atoms with E-state index in [1.807, 2.05) is 13.8 Å². The van der Waals surface area contributed by atoms with Gasteiger partial charge in [-0.1, -0.05) is 183 Å². The van der Waals surface area contributed by atoms with Crippen molar-refractivity contribution >= 4 is 12.5 Å². The summed E-state index contributed by atoms with van der Waals surface area (Å²) in [5.41, 5.74) is 2.89. The summed E-state index contributed by atoms with van der Waals surface area (Å²) < 4.78 is 5.61. The first-order valence-electron chi connectivity index (χ1n) is 20.2. The van der Waals surface area contributed by atoms with Crippen molar-refractivity contribution in [2.24, 2.45) is 5.92 Å². The molecule has 0 saturated heterocycles. The molecule has 0 aliphatic heterocycles. The van der Waals surface area contributed by atoms with Crippen LogP contribution < -0.4 is 0 Å². The molecule has 1 aliphatic rings. The average Bonchev–Trinajstić information content (AvgIpc) is 3.11. The Kier molecular flexibility index (Phi) is 51.5. The zero-order valence-corrected chi connectivity index (χ0v) is 33.3. The van der Waals surface area contributed by atoms with Gasteiger partial charge in [0.15, 0.2) is 0 Å². The number of carbonyl (C=O) groups excluding carboxylic acids is 1. The van der Waals surface area contributed by atoms with Crippen molar-refractivity contribution in [2.45, 2.75) is 228 Å². The lowest BCUT2D eigenvalue weighted by Gasteiger charge is -2.28. The number of unbranched alkanes of at least 4 members (excludes halogenated alkanes) is 13. The Morgan fingerprint density at radius 1 is 0.696 bits per heavy atom. The van der Waals surface area contributed by atoms with Crippen LogP contribution in [0.3, 0.4) is 0 Å². The molecule has 1 unspecified atom stereocenters. The van der Waals surface area contributed by atoms with Crippen molar-refractivity contribution < 1.29 is 9.53 Å². The molecule has 0 heterocycles. The number of carbonyl (C=O) groups is 1. The molecule has 0 aromatic heterocycles. The molecule has 46 heavy (non-hydrogen) atoms. The van der Waals surface area contributed by atoms with Crippen molar-refractivity contribution in [2.75, 3.05) is 7.11 Å². The Hall–Kier alpha value is -1.22. The average molecular weight is 650 g/mol. The first kappa shape index (κ1) is 51.6. The fourth-order valence-electron chi connectivity index (χ4n) is 5.69. The lowest BCUT2D eigenvalue weighted by Crippen LogP contribution is -2.27. The Labute approximate surface area is 292 Å². The number of nitrogens with one attached hydrogen (secondary N) is 1. The molecule has 1 rings (SSSR count). The van der Waals surface area contributed by atoms with Gasteiger partial charge in [0, 0.05) is 20.0 Å². The number of hydrogen-bond donors (Lipinski definition) is 1. The van der Waals surface area contributed by atoms with Gasteiger partial charge in [0.1, 0.15) is 5.78 Å². The van der Waals surface area contributed by atoms with Crippen LogP contribution in [0.25, 0.3) is 0 Å². The first-order valence-corrected chi connectivity index (χ1v) is 20.2. The zero-order valence-electron chi connectivity index (χ0n) is 33.3. The van der Waals surface area contributed by atoms with Gasteiger partial charge in [-0.25, -0.2) is 0 Å². The van der Waals surface area contributed by atoms with Gasteiger partial charge in [-0.3, -0.25) is 4.79 Å². The third-order valence-corrected chi connectivity index (χ3v) is 8.81. The highest BCUT2D eigenvalue weighted by Crippen LogP contribution is 2.29. The van der Waals surface area contributed by atoms with Gasteiger partial charge in [-0.15, -0.1) is 0 Å². The Morgan fingerprint density at radius 2 is 1.15 bits per heavy atom.